The number of aryl methyl sites for hydroxylation is 1. The maximum absolute atomic E-state index is 3.91. The number of benzene rings is 2. The number of nitrogens with one attached hydrogen (secondary N) is 2. The Kier molecular flexibility index (Phi) is 8.38. The van der Waals surface area contributed by atoms with Crippen LogP contribution in [-0.2, 0) is 11.1 Å². The van der Waals surface area contributed by atoms with Crippen LogP contribution in [0, 0.1) is 6.92 Å². The van der Waals surface area contributed by atoms with Crippen molar-refractivity contribution in [3.8, 4) is 0 Å². The van der Waals surface area contributed by atoms with Crippen LogP contribution in [-0.4, -0.2) is 55.1 Å². The first kappa shape index (κ1) is 26.5. The zero-order chi connectivity index (χ0) is 25.7. The Bertz CT molecular complexity index is 1100. The topological polar surface area (TPSA) is 34.3 Å². The summed E-state index contributed by atoms with van der Waals surface area (Å²) in [6.45, 7) is 7.30. The van der Waals surface area contributed by atoms with E-state index in [1.807, 2.05) is 0 Å². The van der Waals surface area contributed by atoms with E-state index in [2.05, 4.69) is 95.7 Å². The molecule has 200 valence electrons. The van der Waals surface area contributed by atoms with E-state index in [-0.39, 0.29) is 11.1 Å². The van der Waals surface area contributed by atoms with Gasteiger partial charge in [0.15, 0.2) is 0 Å². The molecule has 3 aromatic rings. The zero-order valence-corrected chi connectivity index (χ0v) is 23.5. The molecule has 4 heteroatoms. The quantitative estimate of drug-likeness (QED) is 0.407. The van der Waals surface area contributed by atoms with Crippen molar-refractivity contribution in [2.45, 2.75) is 82.2 Å². The number of fused-ring (bicyclic) bond motifs is 1. The van der Waals surface area contributed by atoms with Crippen LogP contribution < -0.4 is 5.32 Å². The van der Waals surface area contributed by atoms with Gasteiger partial charge in [-0.2, -0.15) is 0 Å². The second kappa shape index (κ2) is 11.7. The lowest BCUT2D eigenvalue weighted by Gasteiger charge is -2.54. The highest BCUT2D eigenvalue weighted by molar-refractivity contribution is 5.84. The van der Waals surface area contributed by atoms with E-state index in [0.29, 0.717) is 0 Å². The number of hydrogen-bond acceptors (Lipinski definition) is 3. The van der Waals surface area contributed by atoms with E-state index in [0.717, 1.165) is 0 Å². The molecule has 3 aliphatic rings. The van der Waals surface area contributed by atoms with E-state index >= 15 is 0 Å². The number of nitrogens with zero attached hydrogens (tertiary/aromatic N) is 2. The predicted octanol–water partition coefficient (Wildman–Crippen LogP) is 6.95. The Morgan fingerprint density at radius 2 is 1.35 bits per heavy atom. The summed E-state index contributed by atoms with van der Waals surface area (Å²) in [6.07, 6.45) is 13.0. The molecule has 2 N–H and O–H groups in total. The number of para-hydroxylation sites is 1. The van der Waals surface area contributed by atoms with Crippen molar-refractivity contribution < 1.29 is 0 Å². The average Bonchev–Trinajstić information content (AvgIpc) is 3.32. The largest absolute Gasteiger partial charge is 0.357 e. The fourth-order valence-electron chi connectivity index (χ4n) is 7.42. The third-order valence-electron chi connectivity index (χ3n) is 9.67. The number of rotatable bonds is 4. The Morgan fingerprint density at radius 3 is 1.92 bits per heavy atom. The summed E-state index contributed by atoms with van der Waals surface area (Å²) in [4.78, 5) is 9.25. The Morgan fingerprint density at radius 1 is 0.730 bits per heavy atom. The Hall–Kier alpha value is -2.14. The molecule has 37 heavy (non-hydrogen) atoms. The summed E-state index contributed by atoms with van der Waals surface area (Å²) in [5.41, 5.74) is 5.95. The molecule has 3 fully saturated rings. The first-order valence-electron chi connectivity index (χ1n) is 14.8. The molecule has 2 aromatic carbocycles. The number of aromatic nitrogens is 1. The maximum atomic E-state index is 3.91. The standard InChI is InChI=1S/C28H37N3.C5H11N/c1-22-24-14-8-9-15-25(24)29-26(22)28(31-20-10-5-11-21-31)18-16-27(17-19-28,30(2)3)23-12-6-4-7-13-23;1-2-4-6-5-3-1/h4,6-9,12-15,29H,5,10-11,16-21H2,1-3H3;6H,1-5H2. The van der Waals surface area contributed by atoms with Gasteiger partial charge in [0.05, 0.1) is 5.54 Å². The van der Waals surface area contributed by atoms with Gasteiger partial charge in [-0.3, -0.25) is 9.80 Å². The lowest BCUT2D eigenvalue weighted by molar-refractivity contribution is -0.0257. The fourth-order valence-corrected chi connectivity index (χ4v) is 7.42. The first-order valence-corrected chi connectivity index (χ1v) is 14.8. The highest BCUT2D eigenvalue weighted by Gasteiger charge is 2.49. The summed E-state index contributed by atoms with van der Waals surface area (Å²) in [5, 5.41) is 4.67. The van der Waals surface area contributed by atoms with E-state index in [1.165, 1.54) is 118 Å². The fraction of sp³-hybridized carbons (Fsp3) is 0.576. The molecule has 0 radical (unpaired) electrons. The van der Waals surface area contributed by atoms with Crippen LogP contribution in [0.4, 0.5) is 0 Å². The van der Waals surface area contributed by atoms with Crippen molar-refractivity contribution in [2.75, 3.05) is 40.3 Å². The van der Waals surface area contributed by atoms with Crippen molar-refractivity contribution >= 4 is 10.9 Å². The smallest absolute Gasteiger partial charge is 0.0616 e. The molecule has 0 bridgehead atoms. The van der Waals surface area contributed by atoms with Gasteiger partial charge in [-0.05, 0) is 116 Å². The van der Waals surface area contributed by atoms with Gasteiger partial charge in [-0.1, -0.05) is 61.4 Å². The normalized spacial score (nSPS) is 27.1. The Balaban J connectivity index is 0.000000412. The van der Waals surface area contributed by atoms with Crippen LogP contribution in [0.2, 0.25) is 0 Å². The van der Waals surface area contributed by atoms with E-state index in [9.17, 15) is 0 Å². The molecular weight excluding hydrogens is 452 g/mol. The van der Waals surface area contributed by atoms with E-state index in [4.69, 9.17) is 0 Å². The number of piperidine rings is 2. The number of likely N-dealkylation sites (tertiary alicyclic amines) is 1. The Labute approximate surface area is 224 Å². The number of hydrogen-bond donors (Lipinski definition) is 2. The van der Waals surface area contributed by atoms with Crippen molar-refractivity contribution in [1.82, 2.24) is 20.1 Å². The first-order chi connectivity index (χ1) is 18.1. The number of H-pyrrole nitrogens is 1. The van der Waals surface area contributed by atoms with Gasteiger partial charge >= 0.3 is 0 Å². The molecule has 0 atom stereocenters. The minimum absolute atomic E-state index is 0.123. The monoisotopic (exact) mass is 500 g/mol. The molecule has 1 saturated carbocycles. The van der Waals surface area contributed by atoms with Crippen LogP contribution in [0.5, 0.6) is 0 Å². The van der Waals surface area contributed by atoms with Gasteiger partial charge in [0.25, 0.3) is 0 Å². The van der Waals surface area contributed by atoms with Gasteiger partial charge < -0.3 is 10.3 Å². The summed E-state index contributed by atoms with van der Waals surface area (Å²) in [6, 6.07) is 20.1. The predicted molar refractivity (Wildman–Crippen MR) is 157 cm³/mol. The van der Waals surface area contributed by atoms with Gasteiger partial charge in [0, 0.05) is 22.1 Å². The van der Waals surface area contributed by atoms with Crippen molar-refractivity contribution in [3.05, 3.63) is 71.4 Å². The molecule has 0 unspecified atom stereocenters. The maximum Gasteiger partial charge on any atom is 0.0616 e. The summed E-state index contributed by atoms with van der Waals surface area (Å²) in [7, 11) is 4.55. The van der Waals surface area contributed by atoms with E-state index < -0.39 is 0 Å². The third kappa shape index (κ3) is 5.26. The van der Waals surface area contributed by atoms with Gasteiger partial charge in [-0.25, -0.2) is 0 Å². The molecule has 3 heterocycles. The van der Waals surface area contributed by atoms with Crippen molar-refractivity contribution in [1.29, 1.82) is 0 Å². The third-order valence-corrected chi connectivity index (χ3v) is 9.67. The zero-order valence-electron chi connectivity index (χ0n) is 23.5. The average molecular weight is 501 g/mol. The van der Waals surface area contributed by atoms with Crippen LogP contribution >= 0.6 is 0 Å². The van der Waals surface area contributed by atoms with Gasteiger partial charge in [0.1, 0.15) is 0 Å². The molecule has 6 rings (SSSR count). The lowest BCUT2D eigenvalue weighted by atomic mass is 9.66. The summed E-state index contributed by atoms with van der Waals surface area (Å²) >= 11 is 0. The highest BCUT2D eigenvalue weighted by atomic mass is 15.2. The van der Waals surface area contributed by atoms with Gasteiger partial charge in [-0.15, -0.1) is 0 Å². The SMILES string of the molecule is C1CCNCC1.Cc1c(C2(N3CCCCC3)CCC(c3ccccc3)(N(C)C)CC2)[nH]c2ccccc12. The minimum atomic E-state index is 0.123. The highest BCUT2D eigenvalue weighted by Crippen LogP contribution is 2.52. The molecule has 0 spiro atoms. The lowest BCUT2D eigenvalue weighted by Crippen LogP contribution is -2.55. The summed E-state index contributed by atoms with van der Waals surface area (Å²) in [5.74, 6) is 0. The second-order valence-electron chi connectivity index (χ2n) is 11.9. The summed E-state index contributed by atoms with van der Waals surface area (Å²) < 4.78 is 0. The molecule has 2 saturated heterocycles. The minimum Gasteiger partial charge on any atom is -0.357 e. The van der Waals surface area contributed by atoms with Crippen LogP contribution in [0.15, 0.2) is 54.6 Å². The van der Waals surface area contributed by atoms with Crippen LogP contribution in [0.25, 0.3) is 10.9 Å². The van der Waals surface area contributed by atoms with Crippen molar-refractivity contribution in [2.24, 2.45) is 0 Å². The van der Waals surface area contributed by atoms with Crippen LogP contribution in [0.3, 0.4) is 0 Å². The van der Waals surface area contributed by atoms with Crippen LogP contribution in [0.1, 0.15) is 81.0 Å². The molecule has 1 aromatic heterocycles. The number of aromatic amines is 1. The van der Waals surface area contributed by atoms with Gasteiger partial charge in [0.2, 0.25) is 0 Å². The molecule has 1 aliphatic carbocycles. The molecular formula is C33H48N4. The molecule has 2 aliphatic heterocycles. The molecule has 4 nitrogen and oxygen atoms in total. The van der Waals surface area contributed by atoms with Crippen molar-refractivity contribution in [3.63, 3.8) is 0 Å². The molecule has 0 amide bonds. The van der Waals surface area contributed by atoms with E-state index in [1.54, 1.807) is 0 Å². The second-order valence-corrected chi connectivity index (χ2v) is 11.9.